The Morgan fingerprint density at radius 3 is 2.62 bits per heavy atom. The van der Waals surface area contributed by atoms with Gasteiger partial charge in [-0.3, -0.25) is 19.5 Å². The highest BCUT2D eigenvalue weighted by atomic mass is 32.2. The minimum Gasteiger partial charge on any atom is -0.493 e. The van der Waals surface area contributed by atoms with Gasteiger partial charge in [0, 0.05) is 5.69 Å². The largest absolute Gasteiger partial charge is 0.493 e. The average Bonchev–Trinajstić information content (AvgIpc) is 2.89. The highest BCUT2D eigenvalue weighted by Gasteiger charge is 2.34. The number of ether oxygens (including phenoxy) is 2. The molecule has 1 aliphatic heterocycles. The second-order valence-electron chi connectivity index (χ2n) is 5.54. The van der Waals surface area contributed by atoms with Crippen LogP contribution in [0.3, 0.4) is 0 Å². The lowest BCUT2D eigenvalue weighted by atomic mass is 10.3. The molecule has 0 saturated carbocycles. The van der Waals surface area contributed by atoms with Crippen molar-refractivity contribution in [1.82, 2.24) is 9.88 Å². The Morgan fingerprint density at radius 2 is 1.88 bits per heavy atom. The van der Waals surface area contributed by atoms with Gasteiger partial charge in [0.15, 0.2) is 11.5 Å². The quantitative estimate of drug-likeness (QED) is 0.725. The minimum atomic E-state index is -0.327. The number of pyridine rings is 1. The first kappa shape index (κ1) is 18.0. The zero-order valence-corrected chi connectivity index (χ0v) is 15.3. The molecule has 0 spiro atoms. The van der Waals surface area contributed by atoms with Crippen LogP contribution in [0.15, 0.2) is 47.4 Å². The van der Waals surface area contributed by atoms with Gasteiger partial charge >= 0.3 is 0 Å². The molecule has 0 aliphatic carbocycles. The fraction of sp³-hybridized carbons (Fsp3) is 0.211. The Balaban J connectivity index is 1.64. The maximum absolute atomic E-state index is 12.5. The van der Waals surface area contributed by atoms with E-state index in [0.717, 1.165) is 17.5 Å². The van der Waals surface area contributed by atoms with Gasteiger partial charge in [-0.2, -0.15) is 0 Å². The SMILES string of the molecule is COc1ccccc1OCCN1C(=O)S/C(=C\c2cccc(C)n2)C1=O. The van der Waals surface area contributed by atoms with Crippen LogP contribution in [0.1, 0.15) is 11.4 Å². The zero-order valence-electron chi connectivity index (χ0n) is 14.5. The normalized spacial score (nSPS) is 15.6. The molecule has 134 valence electrons. The molecule has 3 rings (SSSR count). The summed E-state index contributed by atoms with van der Waals surface area (Å²) in [6.45, 7) is 2.23. The number of nitrogens with zero attached hydrogens (tertiary/aromatic N) is 2. The topological polar surface area (TPSA) is 68.7 Å². The van der Waals surface area contributed by atoms with E-state index in [0.29, 0.717) is 22.1 Å². The average molecular weight is 370 g/mol. The third kappa shape index (κ3) is 4.05. The summed E-state index contributed by atoms with van der Waals surface area (Å²) in [5, 5.41) is -0.308. The molecule has 1 aromatic carbocycles. The fourth-order valence-corrected chi connectivity index (χ4v) is 3.31. The number of aromatic nitrogens is 1. The van der Waals surface area contributed by atoms with E-state index in [1.807, 2.05) is 31.2 Å². The van der Waals surface area contributed by atoms with Crippen molar-refractivity contribution < 1.29 is 19.1 Å². The number of methoxy groups -OCH3 is 1. The Hall–Kier alpha value is -2.80. The summed E-state index contributed by atoms with van der Waals surface area (Å²) in [5.74, 6) is 0.848. The monoisotopic (exact) mass is 370 g/mol. The number of rotatable bonds is 6. The molecule has 0 bridgehead atoms. The predicted molar refractivity (Wildman–Crippen MR) is 100 cm³/mol. The van der Waals surface area contributed by atoms with E-state index in [4.69, 9.17) is 9.47 Å². The van der Waals surface area contributed by atoms with Crippen LogP contribution in [-0.2, 0) is 4.79 Å². The van der Waals surface area contributed by atoms with E-state index in [1.165, 1.54) is 4.90 Å². The van der Waals surface area contributed by atoms with Crippen LogP contribution in [0.25, 0.3) is 6.08 Å². The minimum absolute atomic E-state index is 0.168. The molecular weight excluding hydrogens is 352 g/mol. The number of thioether (sulfide) groups is 1. The van der Waals surface area contributed by atoms with Crippen LogP contribution in [-0.4, -0.2) is 41.3 Å². The summed E-state index contributed by atoms with van der Waals surface area (Å²) in [4.78, 5) is 30.5. The highest BCUT2D eigenvalue weighted by Crippen LogP contribution is 2.32. The number of carbonyl (C=O) groups is 2. The standard InChI is InChI=1S/C19H18N2O4S/c1-13-6-5-7-14(20-13)12-17-18(22)21(19(23)26-17)10-11-25-16-9-4-3-8-15(16)24-2/h3-9,12H,10-11H2,1-2H3/b17-12-. The van der Waals surface area contributed by atoms with E-state index >= 15 is 0 Å². The molecule has 26 heavy (non-hydrogen) atoms. The second-order valence-corrected chi connectivity index (χ2v) is 6.53. The van der Waals surface area contributed by atoms with Gasteiger partial charge in [0.2, 0.25) is 0 Å². The maximum atomic E-state index is 12.5. The van der Waals surface area contributed by atoms with Crippen molar-refractivity contribution in [3.05, 3.63) is 58.8 Å². The molecule has 0 radical (unpaired) electrons. The van der Waals surface area contributed by atoms with Crippen molar-refractivity contribution in [2.45, 2.75) is 6.92 Å². The fourth-order valence-electron chi connectivity index (χ4n) is 2.46. The number of carbonyl (C=O) groups excluding carboxylic acids is 2. The molecule has 2 amide bonds. The van der Waals surface area contributed by atoms with Crippen molar-refractivity contribution >= 4 is 29.0 Å². The highest BCUT2D eigenvalue weighted by molar-refractivity contribution is 8.18. The van der Waals surface area contributed by atoms with Gasteiger partial charge in [0.25, 0.3) is 11.1 Å². The van der Waals surface area contributed by atoms with Gasteiger partial charge in [0.05, 0.1) is 24.3 Å². The van der Waals surface area contributed by atoms with E-state index in [1.54, 1.807) is 31.4 Å². The Bertz CT molecular complexity index is 866. The van der Waals surface area contributed by atoms with Crippen molar-refractivity contribution in [3.8, 4) is 11.5 Å². The molecule has 6 nitrogen and oxygen atoms in total. The van der Waals surface area contributed by atoms with E-state index < -0.39 is 0 Å². The van der Waals surface area contributed by atoms with Crippen molar-refractivity contribution in [2.75, 3.05) is 20.3 Å². The lowest BCUT2D eigenvalue weighted by Crippen LogP contribution is -2.32. The maximum Gasteiger partial charge on any atom is 0.293 e. The first-order valence-corrected chi connectivity index (χ1v) is 8.85. The molecule has 7 heteroatoms. The molecular formula is C19H18N2O4S. The van der Waals surface area contributed by atoms with Crippen LogP contribution in [0.5, 0.6) is 11.5 Å². The molecule has 1 aliphatic rings. The van der Waals surface area contributed by atoms with Gasteiger partial charge in [0.1, 0.15) is 6.61 Å². The molecule has 2 heterocycles. The van der Waals surface area contributed by atoms with Gasteiger partial charge in [-0.15, -0.1) is 0 Å². The number of aryl methyl sites for hydroxylation is 1. The number of imide groups is 1. The van der Waals surface area contributed by atoms with Gasteiger partial charge in [-0.1, -0.05) is 18.2 Å². The van der Waals surface area contributed by atoms with Crippen molar-refractivity contribution in [3.63, 3.8) is 0 Å². The lowest BCUT2D eigenvalue weighted by Gasteiger charge is -2.14. The molecule has 2 aromatic rings. The molecule has 1 fully saturated rings. The molecule has 0 atom stereocenters. The number of benzene rings is 1. The first-order valence-electron chi connectivity index (χ1n) is 8.03. The van der Waals surface area contributed by atoms with E-state index in [9.17, 15) is 9.59 Å². The van der Waals surface area contributed by atoms with Crippen LogP contribution in [0.2, 0.25) is 0 Å². The van der Waals surface area contributed by atoms with Crippen LogP contribution < -0.4 is 9.47 Å². The Labute approximate surface area is 155 Å². The lowest BCUT2D eigenvalue weighted by molar-refractivity contribution is -0.123. The zero-order chi connectivity index (χ0) is 18.5. The molecule has 0 N–H and O–H groups in total. The van der Waals surface area contributed by atoms with Crippen LogP contribution >= 0.6 is 11.8 Å². The van der Waals surface area contributed by atoms with Crippen molar-refractivity contribution in [1.29, 1.82) is 0 Å². The summed E-state index contributed by atoms with van der Waals surface area (Å²) in [6.07, 6.45) is 1.64. The van der Waals surface area contributed by atoms with E-state index in [2.05, 4.69) is 4.98 Å². The molecule has 1 aromatic heterocycles. The molecule has 0 unspecified atom stereocenters. The van der Waals surface area contributed by atoms with Gasteiger partial charge in [-0.05, 0) is 49.0 Å². The Kier molecular flexibility index (Phi) is 5.58. The summed E-state index contributed by atoms with van der Waals surface area (Å²) in [7, 11) is 1.56. The summed E-state index contributed by atoms with van der Waals surface area (Å²) in [5.41, 5.74) is 1.50. The number of hydrogen-bond donors (Lipinski definition) is 0. The second kappa shape index (κ2) is 8.05. The van der Waals surface area contributed by atoms with Gasteiger partial charge < -0.3 is 9.47 Å². The summed E-state index contributed by atoms with van der Waals surface area (Å²) >= 11 is 0.915. The number of hydrogen-bond acceptors (Lipinski definition) is 6. The van der Waals surface area contributed by atoms with Crippen LogP contribution in [0, 0.1) is 6.92 Å². The van der Waals surface area contributed by atoms with E-state index in [-0.39, 0.29) is 24.3 Å². The summed E-state index contributed by atoms with van der Waals surface area (Å²) < 4.78 is 10.9. The molecule has 1 saturated heterocycles. The third-order valence-corrected chi connectivity index (χ3v) is 4.61. The summed E-state index contributed by atoms with van der Waals surface area (Å²) in [6, 6.07) is 12.8. The van der Waals surface area contributed by atoms with Gasteiger partial charge in [-0.25, -0.2) is 0 Å². The Morgan fingerprint density at radius 1 is 1.12 bits per heavy atom. The third-order valence-electron chi connectivity index (χ3n) is 3.70. The first-order chi connectivity index (χ1) is 12.6. The smallest absolute Gasteiger partial charge is 0.293 e. The van der Waals surface area contributed by atoms with Crippen molar-refractivity contribution in [2.24, 2.45) is 0 Å². The number of amides is 2. The predicted octanol–water partition coefficient (Wildman–Crippen LogP) is 3.51. The van der Waals surface area contributed by atoms with Crippen LogP contribution in [0.4, 0.5) is 4.79 Å². The number of para-hydroxylation sites is 2.